The lowest BCUT2D eigenvalue weighted by molar-refractivity contribution is 0.394. The number of aryl methyl sites for hydroxylation is 1. The van der Waals surface area contributed by atoms with E-state index in [0.29, 0.717) is 0 Å². The number of fused-ring (bicyclic) bond motifs is 1. The molecule has 0 aliphatic rings. The zero-order chi connectivity index (χ0) is 14.1. The molecule has 0 aliphatic carbocycles. The van der Waals surface area contributed by atoms with E-state index >= 15 is 0 Å². The quantitative estimate of drug-likeness (QED) is 0.773. The molecule has 0 amide bonds. The van der Waals surface area contributed by atoms with Crippen molar-refractivity contribution >= 4 is 10.9 Å². The number of hydrogen-bond acceptors (Lipinski definition) is 2. The lowest BCUT2D eigenvalue weighted by atomic mass is 10.1. The van der Waals surface area contributed by atoms with E-state index in [9.17, 15) is 0 Å². The Balaban J connectivity index is 2.14. The van der Waals surface area contributed by atoms with Gasteiger partial charge in [0.1, 0.15) is 11.5 Å². The second-order valence-corrected chi connectivity index (χ2v) is 4.88. The molecule has 20 heavy (non-hydrogen) atoms. The van der Waals surface area contributed by atoms with Gasteiger partial charge < -0.3 is 14.5 Å². The summed E-state index contributed by atoms with van der Waals surface area (Å²) in [6.07, 6.45) is 0. The van der Waals surface area contributed by atoms with Gasteiger partial charge in [0, 0.05) is 28.2 Å². The van der Waals surface area contributed by atoms with Crippen LogP contribution in [0.25, 0.3) is 22.2 Å². The van der Waals surface area contributed by atoms with Crippen LogP contribution in [-0.4, -0.2) is 19.2 Å². The molecule has 0 unspecified atom stereocenters. The minimum Gasteiger partial charge on any atom is -0.497 e. The minimum absolute atomic E-state index is 0.786. The molecular formula is C17H17NO2. The van der Waals surface area contributed by atoms with Gasteiger partial charge in [0.2, 0.25) is 0 Å². The fourth-order valence-corrected chi connectivity index (χ4v) is 2.36. The molecule has 2 aromatic carbocycles. The van der Waals surface area contributed by atoms with Crippen LogP contribution in [-0.2, 0) is 0 Å². The molecule has 0 fully saturated rings. The highest BCUT2D eigenvalue weighted by Gasteiger charge is 2.07. The highest BCUT2D eigenvalue weighted by molar-refractivity contribution is 5.86. The molecule has 0 aliphatic heterocycles. The summed E-state index contributed by atoms with van der Waals surface area (Å²) in [7, 11) is 3.32. The average Bonchev–Trinajstić information content (AvgIpc) is 2.89. The Bertz CT molecular complexity index is 737. The Kier molecular flexibility index (Phi) is 3.11. The maximum atomic E-state index is 5.32. The molecule has 1 aromatic heterocycles. The number of ether oxygens (including phenoxy) is 2. The number of rotatable bonds is 3. The average molecular weight is 267 g/mol. The Labute approximate surface area is 118 Å². The van der Waals surface area contributed by atoms with Gasteiger partial charge >= 0.3 is 0 Å². The molecular weight excluding hydrogens is 250 g/mol. The van der Waals surface area contributed by atoms with Gasteiger partial charge in [-0.1, -0.05) is 12.1 Å². The van der Waals surface area contributed by atoms with Crippen LogP contribution in [0, 0.1) is 6.92 Å². The van der Waals surface area contributed by atoms with Crippen molar-refractivity contribution in [3.05, 3.63) is 48.0 Å². The van der Waals surface area contributed by atoms with E-state index in [2.05, 4.69) is 36.2 Å². The van der Waals surface area contributed by atoms with Crippen molar-refractivity contribution in [3.8, 4) is 22.8 Å². The molecule has 3 aromatic rings. The third-order valence-corrected chi connectivity index (χ3v) is 3.44. The molecule has 0 saturated carbocycles. The van der Waals surface area contributed by atoms with Gasteiger partial charge in [-0.05, 0) is 36.8 Å². The molecule has 1 heterocycles. The van der Waals surface area contributed by atoms with E-state index in [4.69, 9.17) is 9.47 Å². The minimum atomic E-state index is 0.786. The van der Waals surface area contributed by atoms with Crippen molar-refractivity contribution in [1.29, 1.82) is 0 Å². The fourth-order valence-electron chi connectivity index (χ4n) is 2.36. The van der Waals surface area contributed by atoms with Crippen LogP contribution in [0.4, 0.5) is 0 Å². The van der Waals surface area contributed by atoms with Gasteiger partial charge in [0.25, 0.3) is 0 Å². The van der Waals surface area contributed by atoms with Crippen molar-refractivity contribution in [3.63, 3.8) is 0 Å². The van der Waals surface area contributed by atoms with Gasteiger partial charge in [0.15, 0.2) is 0 Å². The number of hydrogen-bond donors (Lipinski definition) is 1. The van der Waals surface area contributed by atoms with Gasteiger partial charge in [-0.25, -0.2) is 0 Å². The van der Waals surface area contributed by atoms with Crippen molar-refractivity contribution < 1.29 is 9.47 Å². The van der Waals surface area contributed by atoms with E-state index in [0.717, 1.165) is 28.3 Å². The van der Waals surface area contributed by atoms with Crippen molar-refractivity contribution in [2.24, 2.45) is 0 Å². The normalized spacial score (nSPS) is 10.8. The van der Waals surface area contributed by atoms with E-state index in [1.807, 2.05) is 18.2 Å². The predicted molar refractivity (Wildman–Crippen MR) is 81.6 cm³/mol. The topological polar surface area (TPSA) is 34.2 Å². The zero-order valence-electron chi connectivity index (χ0n) is 11.9. The number of methoxy groups -OCH3 is 2. The predicted octanol–water partition coefficient (Wildman–Crippen LogP) is 4.16. The van der Waals surface area contributed by atoms with Crippen LogP contribution in [0.3, 0.4) is 0 Å². The molecule has 3 heteroatoms. The SMILES string of the molecule is COc1cc(OC)cc(-c2cc3ccc(C)cc3[nH]2)c1. The first-order valence-electron chi connectivity index (χ1n) is 6.52. The fraction of sp³-hybridized carbons (Fsp3) is 0.176. The van der Waals surface area contributed by atoms with Gasteiger partial charge in [0.05, 0.1) is 14.2 Å². The van der Waals surface area contributed by atoms with Gasteiger partial charge in [-0.3, -0.25) is 0 Å². The van der Waals surface area contributed by atoms with Crippen molar-refractivity contribution in [2.75, 3.05) is 14.2 Å². The maximum Gasteiger partial charge on any atom is 0.123 e. The first-order valence-corrected chi connectivity index (χ1v) is 6.52. The summed E-state index contributed by atoms with van der Waals surface area (Å²) in [5, 5.41) is 1.20. The van der Waals surface area contributed by atoms with Crippen LogP contribution in [0.2, 0.25) is 0 Å². The molecule has 0 saturated heterocycles. The summed E-state index contributed by atoms with van der Waals surface area (Å²) in [4.78, 5) is 3.44. The number of nitrogens with one attached hydrogen (secondary N) is 1. The monoisotopic (exact) mass is 267 g/mol. The summed E-state index contributed by atoms with van der Waals surface area (Å²) < 4.78 is 10.6. The van der Waals surface area contributed by atoms with Crippen LogP contribution in [0.15, 0.2) is 42.5 Å². The maximum absolute atomic E-state index is 5.32. The molecule has 1 N–H and O–H groups in total. The molecule has 0 radical (unpaired) electrons. The summed E-state index contributed by atoms with van der Waals surface area (Å²) in [5.41, 5.74) is 4.49. The molecule has 3 rings (SSSR count). The lowest BCUT2D eigenvalue weighted by Gasteiger charge is -2.07. The molecule has 0 atom stereocenters. The van der Waals surface area contributed by atoms with Crippen LogP contribution in [0.5, 0.6) is 11.5 Å². The molecule has 0 bridgehead atoms. The number of aromatic nitrogens is 1. The number of aromatic amines is 1. The first kappa shape index (κ1) is 12.6. The third kappa shape index (κ3) is 2.23. The van der Waals surface area contributed by atoms with Gasteiger partial charge in [-0.2, -0.15) is 0 Å². The van der Waals surface area contributed by atoms with Crippen molar-refractivity contribution in [2.45, 2.75) is 6.92 Å². The van der Waals surface area contributed by atoms with Crippen molar-refractivity contribution in [1.82, 2.24) is 4.98 Å². The standard InChI is InChI=1S/C17H17NO2/c1-11-4-5-12-9-17(18-16(12)6-11)13-7-14(19-2)10-15(8-13)20-3/h4-10,18H,1-3H3. The van der Waals surface area contributed by atoms with Crippen LogP contribution < -0.4 is 9.47 Å². The Morgan fingerprint density at radius 2 is 1.55 bits per heavy atom. The summed E-state index contributed by atoms with van der Waals surface area (Å²) >= 11 is 0. The largest absolute Gasteiger partial charge is 0.497 e. The highest BCUT2D eigenvalue weighted by atomic mass is 16.5. The summed E-state index contributed by atoms with van der Waals surface area (Å²) in [6.45, 7) is 2.09. The number of benzene rings is 2. The summed E-state index contributed by atoms with van der Waals surface area (Å²) in [6, 6.07) is 14.4. The molecule has 3 nitrogen and oxygen atoms in total. The zero-order valence-corrected chi connectivity index (χ0v) is 11.9. The Hall–Kier alpha value is -2.42. The smallest absolute Gasteiger partial charge is 0.123 e. The molecule has 0 spiro atoms. The highest BCUT2D eigenvalue weighted by Crippen LogP contribution is 2.31. The van der Waals surface area contributed by atoms with E-state index in [1.54, 1.807) is 14.2 Å². The number of H-pyrrole nitrogens is 1. The van der Waals surface area contributed by atoms with Crippen LogP contribution in [0.1, 0.15) is 5.56 Å². The van der Waals surface area contributed by atoms with Gasteiger partial charge in [-0.15, -0.1) is 0 Å². The molecule has 102 valence electrons. The van der Waals surface area contributed by atoms with E-state index < -0.39 is 0 Å². The Morgan fingerprint density at radius 1 is 0.850 bits per heavy atom. The third-order valence-electron chi connectivity index (χ3n) is 3.44. The first-order chi connectivity index (χ1) is 9.69. The second kappa shape index (κ2) is 4.93. The summed E-state index contributed by atoms with van der Waals surface area (Å²) in [5.74, 6) is 1.57. The van der Waals surface area contributed by atoms with E-state index in [1.165, 1.54) is 10.9 Å². The second-order valence-electron chi connectivity index (χ2n) is 4.88. The van der Waals surface area contributed by atoms with E-state index in [-0.39, 0.29) is 0 Å². The lowest BCUT2D eigenvalue weighted by Crippen LogP contribution is -1.88. The van der Waals surface area contributed by atoms with Crippen LogP contribution >= 0.6 is 0 Å². The Morgan fingerprint density at radius 3 is 2.20 bits per heavy atom.